The molecule has 8 aromatic carbocycles. The minimum absolute atomic E-state index is 0.104. The maximum absolute atomic E-state index is 9.68. The number of benzene rings is 8. The third-order valence-electron chi connectivity index (χ3n) is 7.14. The Balaban J connectivity index is 1.66. The lowest BCUT2D eigenvalue weighted by Gasteiger charge is -2.23. The Morgan fingerprint density at radius 2 is 0.884 bits per heavy atom. The van der Waals surface area contributed by atoms with Crippen molar-refractivity contribution in [2.75, 3.05) is 0 Å². The summed E-state index contributed by atoms with van der Waals surface area (Å²) in [4.78, 5) is 0.00858. The molecule has 43 heavy (non-hydrogen) atoms. The van der Waals surface area contributed by atoms with Crippen molar-refractivity contribution in [3.05, 3.63) is 157 Å². The summed E-state index contributed by atoms with van der Waals surface area (Å²) < 4.78 is 225. The Morgan fingerprint density at radius 3 is 1.60 bits per heavy atom. The summed E-state index contributed by atoms with van der Waals surface area (Å²) >= 11 is 0.774. The second kappa shape index (κ2) is 9.73. The van der Waals surface area contributed by atoms with Crippen LogP contribution in [0.1, 0.15) is 34.3 Å². The van der Waals surface area contributed by atoms with Crippen molar-refractivity contribution < 1.29 is 34.3 Å². The van der Waals surface area contributed by atoms with Gasteiger partial charge >= 0.3 is 0 Å². The lowest BCUT2D eigenvalue weighted by Crippen LogP contribution is -1.96. The van der Waals surface area contributed by atoms with Crippen molar-refractivity contribution in [3.63, 3.8) is 0 Å². The molecular formula is C42H26S. The molecule has 0 spiro atoms. The maximum Gasteiger partial charge on any atom is 0.0635 e. The quantitative estimate of drug-likeness (QED) is 0.185. The molecule has 200 valence electrons. The predicted molar refractivity (Wildman–Crippen MR) is 185 cm³/mol. The molecule has 0 bridgehead atoms. The second-order valence-corrected chi connectivity index (χ2v) is 10.4. The van der Waals surface area contributed by atoms with E-state index in [1.54, 1.807) is 0 Å². The van der Waals surface area contributed by atoms with Gasteiger partial charge in [0.25, 0.3) is 0 Å². The first-order chi connectivity index (χ1) is 31.7. The van der Waals surface area contributed by atoms with Gasteiger partial charge < -0.3 is 0 Å². The van der Waals surface area contributed by atoms with E-state index >= 15 is 0 Å². The van der Waals surface area contributed by atoms with Crippen molar-refractivity contribution in [2.45, 2.75) is 9.79 Å². The molecule has 1 aliphatic rings. The first-order valence-corrected chi connectivity index (χ1v) is 13.6. The van der Waals surface area contributed by atoms with Gasteiger partial charge in [-0.25, -0.2) is 0 Å². The average Bonchev–Trinajstić information content (AvgIpc) is 3.31. The van der Waals surface area contributed by atoms with Crippen LogP contribution in [-0.2, 0) is 0 Å². The molecular weight excluding hydrogens is 537 g/mol. The Labute approximate surface area is 290 Å². The van der Waals surface area contributed by atoms with Crippen LogP contribution in [0.25, 0.3) is 76.8 Å². The SMILES string of the molecule is [2H]c1cc2c(c([2H])c1[2H])-c1c([2H])c([2H])c([2H])c3c(-c4c5c([2H])c([2H])c([2H])c([2H])c5c(-c5c([2H])c([2H])c([2H])c([2H])c5-c5c([2H])c([2H])c([2H])c([2H])c5[2H])c5c([2H])c([2H])c([2H])c([2H])c45)c([2H])c([2H])c(c13)S2. The Morgan fingerprint density at radius 1 is 0.349 bits per heavy atom. The van der Waals surface area contributed by atoms with Gasteiger partial charge in [-0.1, -0.05) is 157 Å². The van der Waals surface area contributed by atoms with Crippen molar-refractivity contribution in [1.29, 1.82) is 0 Å². The molecule has 9 rings (SSSR count). The summed E-state index contributed by atoms with van der Waals surface area (Å²) in [6.45, 7) is 0. The van der Waals surface area contributed by atoms with Gasteiger partial charge in [-0.05, 0) is 83.5 Å². The molecule has 0 atom stereocenters. The van der Waals surface area contributed by atoms with Crippen LogP contribution in [0, 0.1) is 0 Å². The first kappa shape index (κ1) is 10.3. The van der Waals surface area contributed by atoms with E-state index in [9.17, 15) is 12.3 Å². The predicted octanol–water partition coefficient (Wildman–Crippen LogP) is 12.3. The minimum Gasteiger partial charge on any atom is -0.0888 e. The zero-order valence-corrected chi connectivity index (χ0v) is 22.3. The van der Waals surface area contributed by atoms with Gasteiger partial charge in [-0.2, -0.15) is 0 Å². The summed E-state index contributed by atoms with van der Waals surface area (Å²) in [7, 11) is 0. The third-order valence-corrected chi connectivity index (χ3v) is 8.19. The van der Waals surface area contributed by atoms with Crippen molar-refractivity contribution >= 4 is 44.1 Å². The molecule has 0 aliphatic carbocycles. The molecule has 1 aliphatic heterocycles. The standard InChI is InChI=1S/C42H26S/c1-2-13-27(14-3-1)28-15-4-5-17-30(28)40-32-18-6-8-20-34(32)41(35-21-9-7-19-33(35)40)37-25-26-39-42-31(22-12-23-36(37)42)29-16-10-11-24-38(29)43-39/h1-26H/i1D,2D,3D,4D,5D,6D,7D,8D,9D,10D,11D,12D,13D,14D,15D,16D,17D,18D,19D,20D,21D,22D,23D,25D,26D. The zero-order valence-electron chi connectivity index (χ0n) is 46.5. The number of fused-ring (bicyclic) bond motifs is 4. The van der Waals surface area contributed by atoms with Gasteiger partial charge in [-0.3, -0.25) is 0 Å². The highest BCUT2D eigenvalue weighted by Gasteiger charge is 2.23. The fraction of sp³-hybridized carbons (Fsp3) is 0. The highest BCUT2D eigenvalue weighted by Crippen LogP contribution is 2.52. The first-order valence-electron chi connectivity index (χ1n) is 25.2. The summed E-state index contributed by atoms with van der Waals surface area (Å²) in [6, 6.07) is -20.4. The lowest BCUT2D eigenvalue weighted by atomic mass is 9.82. The highest BCUT2D eigenvalue weighted by atomic mass is 32.2. The second-order valence-electron chi connectivity index (χ2n) is 9.33. The molecule has 8 aromatic rings. The van der Waals surface area contributed by atoms with Gasteiger partial charge in [0.1, 0.15) is 0 Å². The highest BCUT2D eigenvalue weighted by molar-refractivity contribution is 7.99. The summed E-state index contributed by atoms with van der Waals surface area (Å²) in [5.41, 5.74) is -4.75. The number of hydrogen-bond donors (Lipinski definition) is 0. The van der Waals surface area contributed by atoms with E-state index in [-0.39, 0.29) is 32.3 Å². The van der Waals surface area contributed by atoms with Crippen LogP contribution in [0.15, 0.2) is 167 Å². The summed E-state index contributed by atoms with van der Waals surface area (Å²) in [5.74, 6) is 0. The molecule has 0 fully saturated rings. The molecule has 0 saturated heterocycles. The van der Waals surface area contributed by atoms with E-state index in [1.165, 1.54) is 6.07 Å². The van der Waals surface area contributed by atoms with Crippen LogP contribution in [0.2, 0.25) is 0 Å². The summed E-state index contributed by atoms with van der Waals surface area (Å²) in [6.07, 6.45) is 0. The van der Waals surface area contributed by atoms with Gasteiger partial charge in [-0.15, -0.1) is 0 Å². The molecule has 0 unspecified atom stereocenters. The molecule has 0 N–H and O–H groups in total. The molecule has 0 amide bonds. The summed E-state index contributed by atoms with van der Waals surface area (Å²) in [5, 5.41) is -3.45. The van der Waals surface area contributed by atoms with E-state index < -0.39 is 205 Å². The van der Waals surface area contributed by atoms with Crippen molar-refractivity contribution in [1.82, 2.24) is 0 Å². The van der Waals surface area contributed by atoms with E-state index in [0.717, 1.165) is 11.8 Å². The molecule has 0 nitrogen and oxygen atoms in total. The topological polar surface area (TPSA) is 0 Å². The zero-order chi connectivity index (χ0) is 50.1. The maximum atomic E-state index is 9.68. The van der Waals surface area contributed by atoms with Crippen molar-refractivity contribution in [3.8, 4) is 44.5 Å². The Hall–Kier alpha value is -5.11. The van der Waals surface area contributed by atoms with Crippen LogP contribution < -0.4 is 0 Å². The fourth-order valence-electron chi connectivity index (χ4n) is 5.41. The minimum atomic E-state index is -1.03. The molecule has 0 radical (unpaired) electrons. The normalized spacial score (nSPS) is 20.2. The third kappa shape index (κ3) is 3.72. The van der Waals surface area contributed by atoms with E-state index in [0.29, 0.717) is 0 Å². The number of hydrogen-bond acceptors (Lipinski definition) is 1. The average molecular weight is 588 g/mol. The van der Waals surface area contributed by atoms with E-state index in [1.807, 2.05) is 0 Å². The van der Waals surface area contributed by atoms with Gasteiger partial charge in [0, 0.05) is 15.2 Å². The van der Waals surface area contributed by atoms with Gasteiger partial charge in [0.2, 0.25) is 0 Å². The van der Waals surface area contributed by atoms with Crippen LogP contribution in [0.5, 0.6) is 0 Å². The molecule has 1 heterocycles. The molecule has 0 aromatic heterocycles. The monoisotopic (exact) mass is 587 g/mol. The fourth-order valence-corrected chi connectivity index (χ4v) is 6.42. The smallest absolute Gasteiger partial charge is 0.0635 e. The largest absolute Gasteiger partial charge is 0.0888 e. The van der Waals surface area contributed by atoms with E-state index in [4.69, 9.17) is 21.9 Å². The van der Waals surface area contributed by atoms with Crippen LogP contribution in [-0.4, -0.2) is 0 Å². The molecule has 1 heteroatoms. The Kier molecular flexibility index (Phi) is 2.32. The van der Waals surface area contributed by atoms with E-state index in [2.05, 4.69) is 0 Å². The Bertz CT molecular complexity index is 3660. The van der Waals surface area contributed by atoms with Gasteiger partial charge in [0.05, 0.1) is 34.3 Å². The van der Waals surface area contributed by atoms with Crippen LogP contribution in [0.4, 0.5) is 0 Å². The van der Waals surface area contributed by atoms with Gasteiger partial charge in [0.15, 0.2) is 0 Å². The van der Waals surface area contributed by atoms with Crippen molar-refractivity contribution in [2.24, 2.45) is 0 Å². The lowest BCUT2D eigenvalue weighted by molar-refractivity contribution is 1.40. The van der Waals surface area contributed by atoms with Crippen LogP contribution in [0.3, 0.4) is 0 Å². The molecule has 0 saturated carbocycles. The van der Waals surface area contributed by atoms with Crippen LogP contribution >= 0.6 is 11.8 Å². The number of rotatable bonds is 3.